The molecule has 5 rings (SSSR count). The first kappa shape index (κ1) is 31.7. The van der Waals surface area contributed by atoms with Gasteiger partial charge in [0.25, 0.3) is 0 Å². The highest BCUT2D eigenvalue weighted by Crippen LogP contribution is 2.38. The molecule has 0 radical (unpaired) electrons. The number of aromatic nitrogens is 2. The zero-order chi connectivity index (χ0) is 31.2. The molecule has 236 valence electrons. The van der Waals surface area contributed by atoms with Crippen LogP contribution in [0.25, 0.3) is 11.1 Å². The third-order valence-corrected chi connectivity index (χ3v) is 9.92. The predicted molar refractivity (Wildman–Crippen MR) is 174 cm³/mol. The molecule has 0 aliphatic heterocycles. The van der Waals surface area contributed by atoms with Crippen molar-refractivity contribution in [1.82, 2.24) is 9.78 Å². The van der Waals surface area contributed by atoms with Crippen LogP contribution in [0, 0.1) is 23.7 Å². The molecule has 0 saturated heterocycles. The zero-order valence-electron chi connectivity index (χ0n) is 26.8. The second-order valence-corrected chi connectivity index (χ2v) is 12.8. The maximum atomic E-state index is 14.2. The largest absolute Gasteiger partial charge is 0.500 e. The lowest BCUT2D eigenvalue weighted by atomic mass is 9.78. The van der Waals surface area contributed by atoms with Crippen LogP contribution in [0.4, 0.5) is 5.69 Å². The molecule has 1 aromatic carbocycles. The molecule has 0 N–H and O–H groups in total. The van der Waals surface area contributed by atoms with Crippen molar-refractivity contribution in [3.8, 4) is 11.1 Å². The van der Waals surface area contributed by atoms with Crippen molar-refractivity contribution >= 4 is 23.3 Å². The molecule has 0 spiro atoms. The van der Waals surface area contributed by atoms with E-state index in [1.54, 1.807) is 7.11 Å². The van der Waals surface area contributed by atoms with Crippen molar-refractivity contribution in [2.24, 2.45) is 28.7 Å². The second kappa shape index (κ2) is 14.4. The maximum Gasteiger partial charge on any atom is 0.308 e. The second-order valence-electron chi connectivity index (χ2n) is 12.8. The van der Waals surface area contributed by atoms with E-state index in [4.69, 9.17) is 14.5 Å². The summed E-state index contributed by atoms with van der Waals surface area (Å²) in [5.41, 5.74) is 4.99. The molecular formula is C36H48N4O4. The minimum Gasteiger partial charge on any atom is -0.500 e. The van der Waals surface area contributed by atoms with Crippen molar-refractivity contribution < 1.29 is 19.1 Å². The van der Waals surface area contributed by atoms with Crippen LogP contribution in [0.15, 0.2) is 65.8 Å². The molecule has 3 saturated carbocycles. The molecule has 44 heavy (non-hydrogen) atoms. The lowest BCUT2D eigenvalue weighted by Gasteiger charge is -2.36. The Labute approximate surface area is 262 Å². The summed E-state index contributed by atoms with van der Waals surface area (Å²) >= 11 is 0. The SMILES string of the molecule is C=CC(=N/C(C)=C(\C)OC)C1CCC(CN(C(=O)C2CCC(C(=O)OC)CC2)c2cccc(-c3cnn(C4CC4)c3)c2)CC1. The number of hydrogen-bond acceptors (Lipinski definition) is 6. The Morgan fingerprint density at radius 2 is 1.64 bits per heavy atom. The minimum atomic E-state index is -0.158. The van der Waals surface area contributed by atoms with Crippen LogP contribution in [-0.2, 0) is 19.1 Å². The quantitative estimate of drug-likeness (QED) is 0.151. The van der Waals surface area contributed by atoms with Crippen LogP contribution in [0.5, 0.6) is 0 Å². The van der Waals surface area contributed by atoms with Crippen LogP contribution in [-0.4, -0.2) is 48.1 Å². The molecule has 8 heteroatoms. The highest BCUT2D eigenvalue weighted by molar-refractivity contribution is 5.97. The molecule has 1 aromatic heterocycles. The Balaban J connectivity index is 1.33. The molecule has 3 fully saturated rings. The smallest absolute Gasteiger partial charge is 0.308 e. The summed E-state index contributed by atoms with van der Waals surface area (Å²) in [6.07, 6.45) is 15.2. The number of aliphatic imine (C=N–C) groups is 1. The van der Waals surface area contributed by atoms with Gasteiger partial charge in [0.2, 0.25) is 5.91 Å². The van der Waals surface area contributed by atoms with Crippen LogP contribution in [0.3, 0.4) is 0 Å². The fourth-order valence-corrected chi connectivity index (χ4v) is 6.79. The first-order chi connectivity index (χ1) is 21.3. The van der Waals surface area contributed by atoms with Crippen LogP contribution in [0.1, 0.15) is 84.1 Å². The summed E-state index contributed by atoms with van der Waals surface area (Å²) < 4.78 is 12.4. The first-order valence-electron chi connectivity index (χ1n) is 16.3. The summed E-state index contributed by atoms with van der Waals surface area (Å²) in [7, 11) is 3.11. The van der Waals surface area contributed by atoms with Crippen molar-refractivity contribution in [1.29, 1.82) is 0 Å². The molecule has 0 bridgehead atoms. The molecule has 2 aromatic rings. The average Bonchev–Trinajstić information content (AvgIpc) is 3.81. The fourth-order valence-electron chi connectivity index (χ4n) is 6.79. The van der Waals surface area contributed by atoms with Gasteiger partial charge >= 0.3 is 5.97 Å². The van der Waals surface area contributed by atoms with Crippen molar-refractivity contribution in [2.75, 3.05) is 25.7 Å². The lowest BCUT2D eigenvalue weighted by Crippen LogP contribution is -2.42. The Morgan fingerprint density at radius 1 is 0.955 bits per heavy atom. The molecule has 8 nitrogen and oxygen atoms in total. The number of benzene rings is 1. The van der Waals surface area contributed by atoms with E-state index < -0.39 is 0 Å². The molecule has 3 aliphatic rings. The first-order valence-corrected chi connectivity index (χ1v) is 16.3. The third-order valence-electron chi connectivity index (χ3n) is 9.92. The minimum absolute atomic E-state index is 0.0909. The van der Waals surface area contributed by atoms with Crippen molar-refractivity contribution in [3.05, 3.63) is 60.8 Å². The van der Waals surface area contributed by atoms with Gasteiger partial charge in [-0.15, -0.1) is 0 Å². The van der Waals surface area contributed by atoms with Gasteiger partial charge in [0.1, 0.15) is 5.76 Å². The molecular weight excluding hydrogens is 552 g/mol. The van der Waals surface area contributed by atoms with E-state index in [0.29, 0.717) is 50.1 Å². The average molecular weight is 601 g/mol. The summed E-state index contributed by atoms with van der Waals surface area (Å²) in [6.45, 7) is 8.64. The van der Waals surface area contributed by atoms with E-state index in [-0.39, 0.29) is 23.7 Å². The number of nitrogens with zero attached hydrogens (tertiary/aromatic N) is 4. The van der Waals surface area contributed by atoms with Gasteiger partial charge in [-0.05, 0) is 108 Å². The summed E-state index contributed by atoms with van der Waals surface area (Å²) in [4.78, 5) is 33.3. The van der Waals surface area contributed by atoms with E-state index in [1.807, 2.05) is 31.0 Å². The van der Waals surface area contributed by atoms with Gasteiger partial charge in [0, 0.05) is 41.5 Å². The Morgan fingerprint density at radius 3 is 2.27 bits per heavy atom. The third kappa shape index (κ3) is 7.51. The highest BCUT2D eigenvalue weighted by Gasteiger charge is 2.35. The summed E-state index contributed by atoms with van der Waals surface area (Å²) in [6, 6.07) is 8.89. The monoisotopic (exact) mass is 600 g/mol. The number of anilines is 1. The number of carbonyl (C=O) groups excluding carboxylic acids is 2. The fraction of sp³-hybridized carbons (Fsp3) is 0.556. The van der Waals surface area contributed by atoms with Gasteiger partial charge in [-0.2, -0.15) is 5.10 Å². The van der Waals surface area contributed by atoms with Gasteiger partial charge in [0.05, 0.1) is 38.1 Å². The Kier molecular flexibility index (Phi) is 10.4. The van der Waals surface area contributed by atoms with Crippen LogP contribution >= 0.6 is 0 Å². The van der Waals surface area contributed by atoms with Gasteiger partial charge in [-0.3, -0.25) is 19.3 Å². The summed E-state index contributed by atoms with van der Waals surface area (Å²) in [5.74, 6) is 1.38. The Bertz CT molecular complexity index is 1390. The van der Waals surface area contributed by atoms with Gasteiger partial charge in [-0.25, -0.2) is 0 Å². The Hall–Kier alpha value is -3.68. The van der Waals surface area contributed by atoms with E-state index in [2.05, 4.69) is 46.8 Å². The number of allylic oxidation sites excluding steroid dienone is 3. The van der Waals surface area contributed by atoms with E-state index in [0.717, 1.165) is 59.7 Å². The van der Waals surface area contributed by atoms with E-state index in [1.165, 1.54) is 20.0 Å². The molecule has 3 aliphatic carbocycles. The van der Waals surface area contributed by atoms with Gasteiger partial charge < -0.3 is 14.4 Å². The molecule has 1 heterocycles. The van der Waals surface area contributed by atoms with Crippen LogP contribution < -0.4 is 4.90 Å². The lowest BCUT2D eigenvalue weighted by molar-refractivity contribution is -0.147. The normalized spacial score (nSPS) is 24.7. The number of hydrogen-bond donors (Lipinski definition) is 0. The van der Waals surface area contributed by atoms with Crippen molar-refractivity contribution in [3.63, 3.8) is 0 Å². The topological polar surface area (TPSA) is 86.0 Å². The number of ether oxygens (including phenoxy) is 2. The highest BCUT2D eigenvalue weighted by atomic mass is 16.5. The molecule has 0 unspecified atom stereocenters. The van der Waals surface area contributed by atoms with Crippen LogP contribution in [0.2, 0.25) is 0 Å². The molecule has 0 atom stereocenters. The number of amides is 1. The number of rotatable bonds is 11. The standard InChI is InChI=1S/C36H48N4O4/c1-6-34(38-24(2)25(3)43-4)27-12-10-26(11-13-27)22-39(35(41)28-14-16-29(17-15-28)36(42)44-5)33-9-7-8-30(20-33)31-21-37-40(23-31)32-18-19-32/h6-9,20-21,23,26-29,32H,1,10-19,22H2,2-5H3/b25-24+,38-34?. The van der Waals surface area contributed by atoms with Gasteiger partial charge in [-0.1, -0.05) is 18.7 Å². The zero-order valence-corrected chi connectivity index (χ0v) is 26.8. The van der Waals surface area contributed by atoms with E-state index >= 15 is 0 Å². The molecule has 1 amide bonds. The number of methoxy groups -OCH3 is 2. The summed E-state index contributed by atoms with van der Waals surface area (Å²) in [5, 5.41) is 4.59. The number of carbonyl (C=O) groups is 2. The number of esters is 1. The maximum absolute atomic E-state index is 14.2. The van der Waals surface area contributed by atoms with Gasteiger partial charge in [0.15, 0.2) is 0 Å². The van der Waals surface area contributed by atoms with Crippen molar-refractivity contribution in [2.45, 2.75) is 84.1 Å². The van der Waals surface area contributed by atoms with E-state index in [9.17, 15) is 9.59 Å². The predicted octanol–water partition coefficient (Wildman–Crippen LogP) is 7.53.